The molecule has 0 bridgehead atoms. The van der Waals surface area contributed by atoms with E-state index in [1.165, 1.54) is 6.92 Å². The SMILES string of the molecule is CC(=O)N1C[C@@H](C(=O)O)[C@H](C2CC(O)C2)C1. The molecule has 2 rings (SSSR count). The number of aliphatic hydroxyl groups excluding tert-OH is 1. The highest BCUT2D eigenvalue weighted by atomic mass is 16.4. The van der Waals surface area contributed by atoms with E-state index in [0.717, 1.165) is 0 Å². The van der Waals surface area contributed by atoms with Crippen molar-refractivity contribution in [3.05, 3.63) is 0 Å². The molecule has 0 unspecified atom stereocenters. The van der Waals surface area contributed by atoms with Crippen LogP contribution in [0.25, 0.3) is 0 Å². The van der Waals surface area contributed by atoms with Crippen LogP contribution in [0.15, 0.2) is 0 Å². The summed E-state index contributed by atoms with van der Waals surface area (Å²) in [5, 5.41) is 18.4. The minimum atomic E-state index is -0.824. The van der Waals surface area contributed by atoms with Crippen molar-refractivity contribution >= 4 is 11.9 Å². The third kappa shape index (κ3) is 1.91. The standard InChI is InChI=1S/C11H17NO4/c1-6(13)12-4-9(7-2-8(14)3-7)10(5-12)11(15)16/h7-10,14H,2-5H2,1H3,(H,15,16)/t7?,8?,9-,10+/m0/s1. The van der Waals surface area contributed by atoms with E-state index in [1.807, 2.05) is 0 Å². The number of carbonyl (C=O) groups excluding carboxylic acids is 1. The Balaban J connectivity index is 2.04. The molecule has 1 aliphatic heterocycles. The van der Waals surface area contributed by atoms with Crippen molar-refractivity contribution in [1.82, 2.24) is 4.90 Å². The summed E-state index contributed by atoms with van der Waals surface area (Å²) >= 11 is 0. The van der Waals surface area contributed by atoms with E-state index in [2.05, 4.69) is 0 Å². The number of carboxylic acid groups (broad SMARTS) is 1. The van der Waals surface area contributed by atoms with Crippen molar-refractivity contribution in [1.29, 1.82) is 0 Å². The maximum Gasteiger partial charge on any atom is 0.308 e. The second-order valence-corrected chi connectivity index (χ2v) is 4.92. The molecule has 0 aromatic heterocycles. The molecule has 0 radical (unpaired) electrons. The van der Waals surface area contributed by atoms with E-state index in [-0.39, 0.29) is 23.8 Å². The molecule has 90 valence electrons. The normalized spacial score (nSPS) is 38.2. The first-order valence-corrected chi connectivity index (χ1v) is 5.65. The fraction of sp³-hybridized carbons (Fsp3) is 0.818. The summed E-state index contributed by atoms with van der Waals surface area (Å²) in [4.78, 5) is 23.9. The number of aliphatic carboxylic acids is 1. The van der Waals surface area contributed by atoms with Gasteiger partial charge >= 0.3 is 5.97 Å². The van der Waals surface area contributed by atoms with Gasteiger partial charge in [0.15, 0.2) is 0 Å². The average Bonchev–Trinajstić information content (AvgIpc) is 2.56. The number of amides is 1. The van der Waals surface area contributed by atoms with Crippen LogP contribution in [0.1, 0.15) is 19.8 Å². The Morgan fingerprint density at radius 3 is 2.31 bits per heavy atom. The highest BCUT2D eigenvalue weighted by Crippen LogP contribution is 2.41. The van der Waals surface area contributed by atoms with Gasteiger partial charge in [-0.05, 0) is 24.7 Å². The number of aliphatic hydroxyl groups is 1. The van der Waals surface area contributed by atoms with Crippen molar-refractivity contribution in [2.45, 2.75) is 25.9 Å². The second-order valence-electron chi connectivity index (χ2n) is 4.92. The summed E-state index contributed by atoms with van der Waals surface area (Å²) in [6, 6.07) is 0. The van der Waals surface area contributed by atoms with Gasteiger partial charge in [-0.1, -0.05) is 0 Å². The number of carboxylic acids is 1. The van der Waals surface area contributed by atoms with Crippen LogP contribution in [-0.2, 0) is 9.59 Å². The molecule has 16 heavy (non-hydrogen) atoms. The largest absolute Gasteiger partial charge is 0.481 e. The Morgan fingerprint density at radius 2 is 1.88 bits per heavy atom. The smallest absolute Gasteiger partial charge is 0.308 e. The maximum absolute atomic E-state index is 11.2. The Hall–Kier alpha value is -1.10. The number of rotatable bonds is 2. The summed E-state index contributed by atoms with van der Waals surface area (Å²) in [5.41, 5.74) is 0. The number of hydrogen-bond donors (Lipinski definition) is 2. The van der Waals surface area contributed by atoms with Crippen LogP contribution in [0.4, 0.5) is 0 Å². The van der Waals surface area contributed by atoms with Gasteiger partial charge < -0.3 is 15.1 Å². The molecule has 5 heteroatoms. The van der Waals surface area contributed by atoms with Crippen molar-refractivity contribution in [2.75, 3.05) is 13.1 Å². The molecule has 2 fully saturated rings. The van der Waals surface area contributed by atoms with E-state index in [0.29, 0.717) is 25.9 Å². The Morgan fingerprint density at radius 1 is 1.25 bits per heavy atom. The zero-order valence-electron chi connectivity index (χ0n) is 9.30. The van der Waals surface area contributed by atoms with E-state index in [9.17, 15) is 14.7 Å². The van der Waals surface area contributed by atoms with Crippen LogP contribution in [-0.4, -0.2) is 46.2 Å². The summed E-state index contributed by atoms with van der Waals surface area (Å²) in [6.07, 6.45) is 1.09. The molecular formula is C11H17NO4. The molecule has 2 atom stereocenters. The highest BCUT2D eigenvalue weighted by Gasteiger charge is 2.46. The second kappa shape index (κ2) is 4.05. The van der Waals surface area contributed by atoms with Crippen molar-refractivity contribution in [3.63, 3.8) is 0 Å². The van der Waals surface area contributed by atoms with Gasteiger partial charge in [0.05, 0.1) is 12.0 Å². The van der Waals surface area contributed by atoms with E-state index in [4.69, 9.17) is 5.11 Å². The van der Waals surface area contributed by atoms with Gasteiger partial charge in [0, 0.05) is 20.0 Å². The van der Waals surface area contributed by atoms with Gasteiger partial charge in [-0.3, -0.25) is 9.59 Å². The lowest BCUT2D eigenvalue weighted by Gasteiger charge is -2.37. The van der Waals surface area contributed by atoms with Gasteiger partial charge in [-0.15, -0.1) is 0 Å². The van der Waals surface area contributed by atoms with Crippen molar-refractivity contribution < 1.29 is 19.8 Å². The molecule has 1 heterocycles. The minimum absolute atomic E-state index is 0.0183. The van der Waals surface area contributed by atoms with Gasteiger partial charge in [-0.2, -0.15) is 0 Å². The summed E-state index contributed by atoms with van der Waals surface area (Å²) < 4.78 is 0. The molecule has 2 N–H and O–H groups in total. The predicted octanol–water partition coefficient (Wildman–Crippen LogP) is -0.0636. The van der Waals surface area contributed by atoms with Gasteiger partial charge in [-0.25, -0.2) is 0 Å². The quantitative estimate of drug-likeness (QED) is 0.692. The molecule has 1 saturated carbocycles. The van der Waals surface area contributed by atoms with Crippen LogP contribution in [0, 0.1) is 17.8 Å². The van der Waals surface area contributed by atoms with Crippen LogP contribution in [0.2, 0.25) is 0 Å². The van der Waals surface area contributed by atoms with Gasteiger partial charge in [0.25, 0.3) is 0 Å². The van der Waals surface area contributed by atoms with Gasteiger partial charge in [0.1, 0.15) is 0 Å². The number of hydrogen-bond acceptors (Lipinski definition) is 3. The predicted molar refractivity (Wildman–Crippen MR) is 55.6 cm³/mol. The lowest BCUT2D eigenvalue weighted by molar-refractivity contribution is -0.144. The number of likely N-dealkylation sites (tertiary alicyclic amines) is 1. The van der Waals surface area contributed by atoms with Crippen molar-refractivity contribution in [2.24, 2.45) is 17.8 Å². The summed E-state index contributed by atoms with van der Waals surface area (Å²) in [7, 11) is 0. The van der Waals surface area contributed by atoms with E-state index in [1.54, 1.807) is 4.90 Å². The Kier molecular flexibility index (Phi) is 2.88. The van der Waals surface area contributed by atoms with Crippen LogP contribution < -0.4 is 0 Å². The summed E-state index contributed by atoms with van der Waals surface area (Å²) in [5.74, 6) is -1.06. The average molecular weight is 227 g/mol. The first-order valence-electron chi connectivity index (χ1n) is 5.65. The monoisotopic (exact) mass is 227 g/mol. The van der Waals surface area contributed by atoms with E-state index >= 15 is 0 Å². The third-order valence-electron chi connectivity index (χ3n) is 3.88. The zero-order valence-corrected chi connectivity index (χ0v) is 9.30. The lowest BCUT2D eigenvalue weighted by Crippen LogP contribution is -2.39. The maximum atomic E-state index is 11.2. The number of nitrogens with zero attached hydrogens (tertiary/aromatic N) is 1. The first kappa shape index (κ1) is 11.4. The molecular weight excluding hydrogens is 210 g/mol. The van der Waals surface area contributed by atoms with Crippen LogP contribution in [0.3, 0.4) is 0 Å². The molecule has 0 spiro atoms. The lowest BCUT2D eigenvalue weighted by atomic mass is 9.70. The Bertz CT molecular complexity index is 311. The molecule has 5 nitrogen and oxygen atoms in total. The van der Waals surface area contributed by atoms with Gasteiger partial charge in [0.2, 0.25) is 5.91 Å². The fourth-order valence-electron chi connectivity index (χ4n) is 2.80. The molecule has 1 amide bonds. The molecule has 2 aliphatic rings. The summed E-state index contributed by atoms with van der Waals surface area (Å²) in [6.45, 7) is 2.32. The van der Waals surface area contributed by atoms with E-state index < -0.39 is 11.9 Å². The third-order valence-corrected chi connectivity index (χ3v) is 3.88. The first-order chi connectivity index (χ1) is 7.49. The van der Waals surface area contributed by atoms with Crippen molar-refractivity contribution in [3.8, 4) is 0 Å². The molecule has 0 aromatic rings. The number of carbonyl (C=O) groups is 2. The molecule has 1 saturated heterocycles. The minimum Gasteiger partial charge on any atom is -0.481 e. The van der Waals surface area contributed by atoms with Crippen LogP contribution in [0.5, 0.6) is 0 Å². The highest BCUT2D eigenvalue weighted by molar-refractivity contribution is 5.77. The zero-order chi connectivity index (χ0) is 11.9. The molecule has 0 aromatic carbocycles. The topological polar surface area (TPSA) is 77.8 Å². The van der Waals surface area contributed by atoms with Crippen LogP contribution >= 0.6 is 0 Å². The fourth-order valence-corrected chi connectivity index (χ4v) is 2.80. The molecule has 1 aliphatic carbocycles. The Labute approximate surface area is 94.0 Å².